The average molecular weight is 519 g/mol. The zero-order chi connectivity index (χ0) is 25.6. The molecule has 0 saturated carbocycles. The highest BCUT2D eigenvalue weighted by atomic mass is 35.5. The van der Waals surface area contributed by atoms with Gasteiger partial charge in [0, 0.05) is 29.4 Å². The van der Waals surface area contributed by atoms with Crippen LogP contribution < -0.4 is 20.7 Å². The van der Waals surface area contributed by atoms with Crippen LogP contribution in [0.3, 0.4) is 0 Å². The number of amides is 1. The van der Waals surface area contributed by atoms with Crippen molar-refractivity contribution in [3.05, 3.63) is 89.2 Å². The van der Waals surface area contributed by atoms with Crippen molar-refractivity contribution in [2.24, 2.45) is 0 Å². The molecule has 1 amide bonds. The van der Waals surface area contributed by atoms with Crippen LogP contribution in [0.25, 0.3) is 10.9 Å². The molecule has 10 heteroatoms. The molecule has 0 aliphatic carbocycles. The molecule has 0 bridgehead atoms. The highest BCUT2D eigenvalue weighted by molar-refractivity contribution is 6.32. The van der Waals surface area contributed by atoms with Gasteiger partial charge in [0.2, 0.25) is 5.91 Å². The Kier molecular flexibility index (Phi) is 7.53. The van der Waals surface area contributed by atoms with E-state index in [4.69, 9.17) is 16.3 Å². The average Bonchev–Trinajstić information content (AvgIpc) is 2.90. The van der Waals surface area contributed by atoms with E-state index in [1.807, 2.05) is 18.2 Å². The molecule has 0 atom stereocenters. The summed E-state index contributed by atoms with van der Waals surface area (Å²) in [5.41, 5.74) is 2.92. The minimum atomic E-state index is -0.577. The Morgan fingerprint density at radius 3 is 2.76 bits per heavy atom. The third kappa shape index (κ3) is 6.19. The Labute approximate surface area is 218 Å². The lowest BCUT2D eigenvalue weighted by molar-refractivity contribution is -0.112. The van der Waals surface area contributed by atoms with Crippen LogP contribution in [-0.4, -0.2) is 33.9 Å². The van der Waals surface area contributed by atoms with Crippen LogP contribution in [0.1, 0.15) is 18.5 Å². The number of hydrogen-bond acceptors (Lipinski definition) is 7. The minimum absolute atomic E-state index is 0.0532. The normalized spacial score (nSPS) is 13.3. The second-order valence-electron chi connectivity index (χ2n) is 8.49. The standard InChI is InChI=1S/C27H24ClFN6O2/c28-21-12-18(4-5-25(21)37-15-19-3-1-2-8-31-19)34-27-20-13-24(22(29)14-23(20)32-16-33-27)35-26(36)11-17-6-9-30-10-7-17/h1-5,8,11-14,16,30H,6-7,9-10,15H2,(H,35,36)(H,32,33,34). The van der Waals surface area contributed by atoms with E-state index in [1.165, 1.54) is 18.5 Å². The van der Waals surface area contributed by atoms with E-state index in [-0.39, 0.29) is 18.2 Å². The molecule has 2 aromatic heterocycles. The predicted octanol–water partition coefficient (Wildman–Crippen LogP) is 5.39. The first-order valence-corrected chi connectivity index (χ1v) is 12.2. The maximum absolute atomic E-state index is 14.7. The molecule has 37 heavy (non-hydrogen) atoms. The van der Waals surface area contributed by atoms with Crippen molar-refractivity contribution < 1.29 is 13.9 Å². The summed E-state index contributed by atoms with van der Waals surface area (Å²) >= 11 is 6.44. The van der Waals surface area contributed by atoms with Gasteiger partial charge < -0.3 is 20.7 Å². The van der Waals surface area contributed by atoms with Gasteiger partial charge >= 0.3 is 0 Å². The quantitative estimate of drug-likeness (QED) is 0.282. The molecule has 0 radical (unpaired) electrons. The first-order valence-electron chi connectivity index (χ1n) is 11.8. The summed E-state index contributed by atoms with van der Waals surface area (Å²) in [5, 5.41) is 10.0. The molecule has 3 N–H and O–H groups in total. The predicted molar refractivity (Wildman–Crippen MR) is 142 cm³/mol. The molecule has 3 heterocycles. The van der Waals surface area contributed by atoms with Gasteiger partial charge in [-0.1, -0.05) is 23.2 Å². The van der Waals surface area contributed by atoms with Crippen LogP contribution in [-0.2, 0) is 11.4 Å². The van der Waals surface area contributed by atoms with Crippen LogP contribution in [0.2, 0.25) is 5.02 Å². The van der Waals surface area contributed by atoms with E-state index >= 15 is 0 Å². The van der Waals surface area contributed by atoms with Gasteiger partial charge in [-0.25, -0.2) is 14.4 Å². The second kappa shape index (κ2) is 11.3. The van der Waals surface area contributed by atoms with Gasteiger partial charge in [0.1, 0.15) is 30.3 Å². The monoisotopic (exact) mass is 518 g/mol. The number of aromatic nitrogens is 3. The van der Waals surface area contributed by atoms with Crippen molar-refractivity contribution in [1.82, 2.24) is 20.3 Å². The molecular weight excluding hydrogens is 495 g/mol. The Hall–Kier alpha value is -4.08. The van der Waals surface area contributed by atoms with Crippen molar-refractivity contribution in [1.29, 1.82) is 0 Å². The Balaban J connectivity index is 1.34. The summed E-state index contributed by atoms with van der Waals surface area (Å²) < 4.78 is 20.5. The molecule has 1 fully saturated rings. The molecule has 1 aliphatic rings. The SMILES string of the molecule is O=C(C=C1CCNCC1)Nc1cc2c(Nc3ccc(OCc4ccccn4)c(Cl)c3)ncnc2cc1F. The largest absolute Gasteiger partial charge is 0.486 e. The van der Waals surface area contributed by atoms with Crippen LogP contribution in [0.15, 0.2) is 72.7 Å². The number of nitrogens with one attached hydrogen (secondary N) is 3. The fraction of sp³-hybridized carbons (Fsp3) is 0.185. The van der Waals surface area contributed by atoms with Crippen molar-refractivity contribution >= 4 is 45.6 Å². The van der Waals surface area contributed by atoms with Crippen molar-refractivity contribution in [2.45, 2.75) is 19.4 Å². The van der Waals surface area contributed by atoms with Gasteiger partial charge in [0.05, 0.1) is 21.9 Å². The number of halogens is 2. The molecule has 188 valence electrons. The number of rotatable bonds is 7. The number of ether oxygens (including phenoxy) is 1. The summed E-state index contributed by atoms with van der Waals surface area (Å²) in [7, 11) is 0. The Bertz CT molecular complexity index is 1460. The number of carbonyl (C=O) groups excluding carboxylic acids is 1. The molecule has 0 spiro atoms. The summed E-state index contributed by atoms with van der Waals surface area (Å²) in [6.07, 6.45) is 6.18. The lowest BCUT2D eigenvalue weighted by atomic mass is 10.1. The van der Waals surface area contributed by atoms with E-state index in [1.54, 1.807) is 30.5 Å². The van der Waals surface area contributed by atoms with Gasteiger partial charge in [-0.15, -0.1) is 0 Å². The van der Waals surface area contributed by atoms with Gasteiger partial charge in [-0.05, 0) is 62.3 Å². The molecular formula is C27H24ClFN6O2. The zero-order valence-corrected chi connectivity index (χ0v) is 20.6. The van der Waals surface area contributed by atoms with Crippen molar-refractivity contribution in [3.63, 3.8) is 0 Å². The Morgan fingerprint density at radius 2 is 1.97 bits per heavy atom. The van der Waals surface area contributed by atoms with Gasteiger partial charge in [0.15, 0.2) is 0 Å². The highest BCUT2D eigenvalue weighted by Crippen LogP contribution is 2.32. The van der Waals surface area contributed by atoms with Crippen molar-refractivity contribution in [3.8, 4) is 5.75 Å². The summed E-state index contributed by atoms with van der Waals surface area (Å²) in [6, 6.07) is 13.7. The van der Waals surface area contributed by atoms with E-state index in [2.05, 4.69) is 30.9 Å². The zero-order valence-electron chi connectivity index (χ0n) is 19.8. The molecule has 5 rings (SSSR count). The third-order valence-electron chi connectivity index (χ3n) is 5.86. The van der Waals surface area contributed by atoms with E-state index in [9.17, 15) is 9.18 Å². The first kappa shape index (κ1) is 24.6. The number of piperidine rings is 1. The van der Waals surface area contributed by atoms with E-state index in [0.717, 1.165) is 37.2 Å². The Morgan fingerprint density at radius 1 is 1.11 bits per heavy atom. The van der Waals surface area contributed by atoms with Gasteiger partial charge in [-0.3, -0.25) is 9.78 Å². The smallest absolute Gasteiger partial charge is 0.248 e. The van der Waals surface area contributed by atoms with Crippen LogP contribution in [0, 0.1) is 5.82 Å². The van der Waals surface area contributed by atoms with E-state index < -0.39 is 5.82 Å². The fourth-order valence-corrected chi connectivity index (χ4v) is 4.22. The number of fused-ring (bicyclic) bond motifs is 1. The second-order valence-corrected chi connectivity index (χ2v) is 8.90. The maximum atomic E-state index is 14.7. The molecule has 4 aromatic rings. The van der Waals surface area contributed by atoms with Gasteiger partial charge in [-0.2, -0.15) is 0 Å². The number of anilines is 3. The maximum Gasteiger partial charge on any atom is 0.248 e. The molecule has 8 nitrogen and oxygen atoms in total. The summed E-state index contributed by atoms with van der Waals surface area (Å²) in [4.78, 5) is 25.2. The first-order chi connectivity index (χ1) is 18.0. The van der Waals surface area contributed by atoms with Gasteiger partial charge in [0.25, 0.3) is 0 Å². The number of benzene rings is 2. The molecule has 1 saturated heterocycles. The van der Waals surface area contributed by atoms with Crippen LogP contribution in [0.4, 0.5) is 21.6 Å². The summed E-state index contributed by atoms with van der Waals surface area (Å²) in [5.74, 6) is 0.0111. The number of carbonyl (C=O) groups is 1. The number of nitrogens with zero attached hydrogens (tertiary/aromatic N) is 3. The van der Waals surface area contributed by atoms with E-state index in [0.29, 0.717) is 33.2 Å². The summed E-state index contributed by atoms with van der Waals surface area (Å²) in [6.45, 7) is 1.95. The topological polar surface area (TPSA) is 101 Å². The minimum Gasteiger partial charge on any atom is -0.486 e. The van der Waals surface area contributed by atoms with Crippen LogP contribution in [0.5, 0.6) is 5.75 Å². The third-order valence-corrected chi connectivity index (χ3v) is 6.15. The number of pyridine rings is 1. The molecule has 0 unspecified atom stereocenters. The number of hydrogen-bond donors (Lipinski definition) is 3. The van der Waals surface area contributed by atoms with Crippen LogP contribution >= 0.6 is 11.6 Å². The molecule has 1 aliphatic heterocycles. The lowest BCUT2D eigenvalue weighted by Gasteiger charge is -2.15. The lowest BCUT2D eigenvalue weighted by Crippen LogP contribution is -2.24. The van der Waals surface area contributed by atoms with Crippen molar-refractivity contribution in [2.75, 3.05) is 23.7 Å². The fourth-order valence-electron chi connectivity index (χ4n) is 3.99. The molecule has 2 aromatic carbocycles. The highest BCUT2D eigenvalue weighted by Gasteiger charge is 2.14.